The first kappa shape index (κ1) is 13.0. The standard InChI is InChI=1S/C12H21N3O/c1-4-10(8-13)12(16)15-7-5-6-11(15)9-14(2)3/h10-11H,4-7,9H2,1-3H3. The fourth-order valence-electron chi connectivity index (χ4n) is 2.26. The molecule has 4 heteroatoms. The molecule has 2 unspecified atom stereocenters. The number of likely N-dealkylation sites (tertiary alicyclic amines) is 1. The Hall–Kier alpha value is -1.08. The molecule has 1 amide bonds. The van der Waals surface area contributed by atoms with Crippen molar-refractivity contribution in [3.8, 4) is 6.07 Å². The lowest BCUT2D eigenvalue weighted by atomic mass is 10.1. The van der Waals surface area contributed by atoms with E-state index in [9.17, 15) is 4.79 Å². The average Bonchev–Trinajstić information content (AvgIpc) is 2.66. The highest BCUT2D eigenvalue weighted by atomic mass is 16.2. The second-order valence-corrected chi connectivity index (χ2v) is 4.68. The van der Waals surface area contributed by atoms with Crippen molar-refractivity contribution in [1.29, 1.82) is 5.26 Å². The van der Waals surface area contributed by atoms with E-state index < -0.39 is 5.92 Å². The van der Waals surface area contributed by atoms with Crippen LogP contribution in [0.1, 0.15) is 26.2 Å². The maximum atomic E-state index is 12.1. The molecule has 1 fully saturated rings. The number of rotatable bonds is 4. The van der Waals surface area contributed by atoms with E-state index in [4.69, 9.17) is 5.26 Å². The summed E-state index contributed by atoms with van der Waals surface area (Å²) in [6, 6.07) is 2.39. The predicted molar refractivity (Wildman–Crippen MR) is 62.7 cm³/mol. The van der Waals surface area contributed by atoms with Gasteiger partial charge in [0.25, 0.3) is 0 Å². The molecule has 1 saturated heterocycles. The summed E-state index contributed by atoms with van der Waals surface area (Å²) in [4.78, 5) is 16.1. The van der Waals surface area contributed by atoms with Crippen LogP contribution < -0.4 is 0 Å². The molecule has 1 aliphatic rings. The van der Waals surface area contributed by atoms with Gasteiger partial charge in [0.2, 0.25) is 5.91 Å². The summed E-state index contributed by atoms with van der Waals surface area (Å²) < 4.78 is 0. The number of carbonyl (C=O) groups is 1. The molecule has 0 aromatic rings. The first-order valence-electron chi connectivity index (χ1n) is 5.95. The van der Waals surface area contributed by atoms with E-state index in [0.717, 1.165) is 25.9 Å². The molecule has 0 bridgehead atoms. The molecule has 16 heavy (non-hydrogen) atoms. The fourth-order valence-corrected chi connectivity index (χ4v) is 2.26. The van der Waals surface area contributed by atoms with Gasteiger partial charge in [-0.25, -0.2) is 0 Å². The molecular formula is C12H21N3O. The zero-order chi connectivity index (χ0) is 12.1. The van der Waals surface area contributed by atoms with Crippen molar-refractivity contribution in [2.24, 2.45) is 5.92 Å². The van der Waals surface area contributed by atoms with Gasteiger partial charge in [-0.1, -0.05) is 6.92 Å². The lowest BCUT2D eigenvalue weighted by Gasteiger charge is -2.28. The molecule has 2 atom stereocenters. The van der Waals surface area contributed by atoms with Crippen molar-refractivity contribution in [1.82, 2.24) is 9.80 Å². The monoisotopic (exact) mass is 223 g/mol. The highest BCUT2D eigenvalue weighted by Gasteiger charge is 2.32. The first-order chi connectivity index (χ1) is 7.60. The van der Waals surface area contributed by atoms with Crippen LogP contribution in [-0.4, -0.2) is 48.9 Å². The van der Waals surface area contributed by atoms with E-state index in [2.05, 4.69) is 11.0 Å². The molecular weight excluding hydrogens is 202 g/mol. The van der Waals surface area contributed by atoms with Gasteiger partial charge in [-0.05, 0) is 33.4 Å². The van der Waals surface area contributed by atoms with Crippen LogP contribution in [0.5, 0.6) is 0 Å². The summed E-state index contributed by atoms with van der Waals surface area (Å²) >= 11 is 0. The summed E-state index contributed by atoms with van der Waals surface area (Å²) in [7, 11) is 4.03. The topological polar surface area (TPSA) is 47.3 Å². The molecule has 0 radical (unpaired) electrons. The number of hydrogen-bond acceptors (Lipinski definition) is 3. The summed E-state index contributed by atoms with van der Waals surface area (Å²) in [6.45, 7) is 3.60. The molecule has 1 aliphatic heterocycles. The molecule has 0 spiro atoms. The highest BCUT2D eigenvalue weighted by Crippen LogP contribution is 2.21. The van der Waals surface area contributed by atoms with Gasteiger partial charge in [0, 0.05) is 19.1 Å². The number of hydrogen-bond donors (Lipinski definition) is 0. The summed E-state index contributed by atoms with van der Waals surface area (Å²) in [5.74, 6) is -0.433. The van der Waals surface area contributed by atoms with Crippen LogP contribution in [0.25, 0.3) is 0 Å². The lowest BCUT2D eigenvalue weighted by Crippen LogP contribution is -2.43. The van der Waals surface area contributed by atoms with Gasteiger partial charge in [-0.3, -0.25) is 4.79 Å². The van der Waals surface area contributed by atoms with Crippen LogP contribution in [0, 0.1) is 17.2 Å². The van der Waals surface area contributed by atoms with Crippen molar-refractivity contribution < 1.29 is 4.79 Å². The maximum absolute atomic E-state index is 12.1. The first-order valence-corrected chi connectivity index (χ1v) is 5.95. The van der Waals surface area contributed by atoms with Crippen LogP contribution in [0.3, 0.4) is 0 Å². The molecule has 0 saturated carbocycles. The Labute approximate surface area is 97.8 Å². The largest absolute Gasteiger partial charge is 0.337 e. The van der Waals surface area contributed by atoms with Crippen molar-refractivity contribution in [2.45, 2.75) is 32.2 Å². The normalized spacial score (nSPS) is 22.2. The van der Waals surface area contributed by atoms with Gasteiger partial charge in [0.05, 0.1) is 6.07 Å². The van der Waals surface area contributed by atoms with Gasteiger partial charge in [-0.2, -0.15) is 5.26 Å². The van der Waals surface area contributed by atoms with Crippen LogP contribution in [0.2, 0.25) is 0 Å². The minimum absolute atomic E-state index is 0.0225. The smallest absolute Gasteiger partial charge is 0.240 e. The Kier molecular flexibility index (Phi) is 4.75. The van der Waals surface area contributed by atoms with Crippen molar-refractivity contribution >= 4 is 5.91 Å². The molecule has 0 aromatic carbocycles. The third-order valence-electron chi connectivity index (χ3n) is 3.10. The number of nitrogens with zero attached hydrogens (tertiary/aromatic N) is 3. The predicted octanol–water partition coefficient (Wildman–Crippen LogP) is 1.09. The minimum Gasteiger partial charge on any atom is -0.337 e. The molecule has 4 nitrogen and oxygen atoms in total. The van der Waals surface area contributed by atoms with E-state index in [1.807, 2.05) is 25.9 Å². The zero-order valence-corrected chi connectivity index (χ0v) is 10.4. The van der Waals surface area contributed by atoms with E-state index in [-0.39, 0.29) is 5.91 Å². The van der Waals surface area contributed by atoms with E-state index in [1.165, 1.54) is 0 Å². The second-order valence-electron chi connectivity index (χ2n) is 4.68. The summed E-state index contributed by atoms with van der Waals surface area (Å²) in [5.41, 5.74) is 0. The molecule has 1 heterocycles. The van der Waals surface area contributed by atoms with Gasteiger partial charge in [0.15, 0.2) is 0 Å². The van der Waals surface area contributed by atoms with Crippen molar-refractivity contribution in [3.05, 3.63) is 0 Å². The van der Waals surface area contributed by atoms with Gasteiger partial charge >= 0.3 is 0 Å². The SMILES string of the molecule is CCC(C#N)C(=O)N1CCCC1CN(C)C. The molecule has 0 aliphatic carbocycles. The average molecular weight is 223 g/mol. The van der Waals surface area contributed by atoms with Crippen LogP contribution >= 0.6 is 0 Å². The van der Waals surface area contributed by atoms with E-state index in [0.29, 0.717) is 12.5 Å². The van der Waals surface area contributed by atoms with E-state index >= 15 is 0 Å². The van der Waals surface area contributed by atoms with Crippen molar-refractivity contribution in [3.63, 3.8) is 0 Å². The Morgan fingerprint density at radius 2 is 2.31 bits per heavy atom. The molecule has 1 rings (SSSR count). The zero-order valence-electron chi connectivity index (χ0n) is 10.4. The number of carbonyl (C=O) groups excluding carboxylic acids is 1. The van der Waals surface area contributed by atoms with Crippen LogP contribution in [0.4, 0.5) is 0 Å². The third-order valence-corrected chi connectivity index (χ3v) is 3.10. The molecule has 0 aromatic heterocycles. The Morgan fingerprint density at radius 3 is 2.81 bits per heavy atom. The van der Waals surface area contributed by atoms with Crippen LogP contribution in [-0.2, 0) is 4.79 Å². The lowest BCUT2D eigenvalue weighted by molar-refractivity contribution is -0.134. The number of amides is 1. The number of likely N-dealkylation sites (N-methyl/N-ethyl adjacent to an activating group) is 1. The third kappa shape index (κ3) is 2.96. The minimum atomic E-state index is -0.456. The Balaban J connectivity index is 2.64. The quantitative estimate of drug-likeness (QED) is 0.716. The fraction of sp³-hybridized carbons (Fsp3) is 0.833. The van der Waals surface area contributed by atoms with Gasteiger partial charge < -0.3 is 9.80 Å². The number of nitriles is 1. The van der Waals surface area contributed by atoms with Crippen LogP contribution in [0.15, 0.2) is 0 Å². The van der Waals surface area contributed by atoms with Crippen molar-refractivity contribution in [2.75, 3.05) is 27.2 Å². The van der Waals surface area contributed by atoms with E-state index in [1.54, 1.807) is 0 Å². The summed E-state index contributed by atoms with van der Waals surface area (Å²) in [5, 5.41) is 8.92. The van der Waals surface area contributed by atoms with Gasteiger partial charge in [0.1, 0.15) is 5.92 Å². The Bertz CT molecular complexity index is 282. The molecule has 90 valence electrons. The summed E-state index contributed by atoms with van der Waals surface area (Å²) in [6.07, 6.45) is 2.73. The molecule has 0 N–H and O–H groups in total. The maximum Gasteiger partial charge on any atom is 0.240 e. The Morgan fingerprint density at radius 1 is 1.62 bits per heavy atom. The highest BCUT2D eigenvalue weighted by molar-refractivity contribution is 5.81. The second kappa shape index (κ2) is 5.86. The van der Waals surface area contributed by atoms with Gasteiger partial charge in [-0.15, -0.1) is 0 Å².